The maximum atomic E-state index is 12.6. The molecular weight excluding hydrogens is 258 g/mol. The molecule has 2 saturated heterocycles. The minimum Gasteiger partial charge on any atom is -0.481 e. The predicted molar refractivity (Wildman–Crippen MR) is 72.4 cm³/mol. The van der Waals surface area contributed by atoms with E-state index >= 15 is 0 Å². The number of urea groups is 1. The Hall–Kier alpha value is -2.11. The van der Waals surface area contributed by atoms with Crippen LogP contribution in [-0.4, -0.2) is 46.1 Å². The number of hydrogen-bond donors (Lipinski definition) is 1. The average Bonchev–Trinajstić information content (AvgIpc) is 3.04. The highest BCUT2D eigenvalue weighted by Crippen LogP contribution is 2.42. The number of amides is 2. The van der Waals surface area contributed by atoms with Gasteiger partial charge in [-0.05, 0) is 31.4 Å². The summed E-state index contributed by atoms with van der Waals surface area (Å²) in [7, 11) is 1.70. The number of hydrogen-bond acceptors (Lipinski definition) is 3. The molecule has 1 N–H and O–H groups in total. The number of rotatable bonds is 2. The van der Waals surface area contributed by atoms with Crippen molar-refractivity contribution in [2.24, 2.45) is 5.92 Å². The zero-order valence-electron chi connectivity index (χ0n) is 11.3. The molecule has 1 aromatic rings. The number of fused-ring (bicyclic) bond motifs is 2. The van der Waals surface area contributed by atoms with E-state index in [0.29, 0.717) is 6.42 Å². The van der Waals surface area contributed by atoms with Crippen LogP contribution in [0, 0.1) is 5.92 Å². The normalized spacial score (nSPS) is 27.6. The number of carboxylic acid groups (broad SMARTS) is 1. The number of carbonyl (C=O) groups is 2. The maximum absolute atomic E-state index is 12.6. The number of aromatic nitrogens is 1. The SMILES string of the molecule is CN(C(=O)N1C2CCC1C(C(=O)O)C2)c1cccnc1. The summed E-state index contributed by atoms with van der Waals surface area (Å²) in [5.41, 5.74) is 0.718. The van der Waals surface area contributed by atoms with E-state index < -0.39 is 11.9 Å². The molecule has 2 fully saturated rings. The van der Waals surface area contributed by atoms with E-state index in [1.165, 1.54) is 0 Å². The van der Waals surface area contributed by atoms with Crippen molar-refractivity contribution >= 4 is 17.7 Å². The lowest BCUT2D eigenvalue weighted by molar-refractivity contribution is -0.142. The zero-order valence-corrected chi connectivity index (χ0v) is 11.3. The summed E-state index contributed by atoms with van der Waals surface area (Å²) >= 11 is 0. The van der Waals surface area contributed by atoms with E-state index in [9.17, 15) is 14.7 Å². The Kier molecular flexibility index (Phi) is 3.08. The molecule has 3 unspecified atom stereocenters. The molecule has 3 rings (SSSR count). The summed E-state index contributed by atoms with van der Waals surface area (Å²) in [6.45, 7) is 0. The molecule has 0 aliphatic carbocycles. The highest BCUT2D eigenvalue weighted by Gasteiger charge is 2.52. The van der Waals surface area contributed by atoms with Crippen LogP contribution in [0.2, 0.25) is 0 Å². The molecule has 0 aromatic carbocycles. The molecule has 20 heavy (non-hydrogen) atoms. The number of anilines is 1. The van der Waals surface area contributed by atoms with Gasteiger partial charge in [0.15, 0.2) is 0 Å². The second-order valence-corrected chi connectivity index (χ2v) is 5.44. The van der Waals surface area contributed by atoms with Crippen LogP contribution in [0.3, 0.4) is 0 Å². The van der Waals surface area contributed by atoms with Crippen molar-refractivity contribution in [2.75, 3.05) is 11.9 Å². The van der Waals surface area contributed by atoms with Gasteiger partial charge in [-0.15, -0.1) is 0 Å². The minimum absolute atomic E-state index is 0.0627. The summed E-state index contributed by atoms with van der Waals surface area (Å²) in [6.07, 6.45) is 5.55. The standard InChI is InChI=1S/C14H17N3O3/c1-16(10-3-2-6-15-8-10)14(20)17-9-4-5-12(17)11(7-9)13(18)19/h2-3,6,8-9,11-12H,4-5,7H2,1H3,(H,18,19). The van der Waals surface area contributed by atoms with Crippen molar-refractivity contribution in [1.29, 1.82) is 0 Å². The van der Waals surface area contributed by atoms with Crippen molar-refractivity contribution in [3.8, 4) is 0 Å². The van der Waals surface area contributed by atoms with Gasteiger partial charge in [-0.3, -0.25) is 14.7 Å². The lowest BCUT2D eigenvalue weighted by Gasteiger charge is -2.28. The molecule has 6 nitrogen and oxygen atoms in total. The van der Waals surface area contributed by atoms with Gasteiger partial charge < -0.3 is 10.0 Å². The van der Waals surface area contributed by atoms with Gasteiger partial charge in [0, 0.05) is 25.3 Å². The second-order valence-electron chi connectivity index (χ2n) is 5.44. The van der Waals surface area contributed by atoms with Crippen LogP contribution in [0.4, 0.5) is 10.5 Å². The Morgan fingerprint density at radius 3 is 2.85 bits per heavy atom. The summed E-state index contributed by atoms with van der Waals surface area (Å²) in [6, 6.07) is 3.36. The predicted octanol–water partition coefficient (Wildman–Crippen LogP) is 1.58. The molecule has 3 atom stereocenters. The minimum atomic E-state index is -0.793. The fourth-order valence-electron chi connectivity index (χ4n) is 3.39. The first-order valence-corrected chi connectivity index (χ1v) is 6.78. The van der Waals surface area contributed by atoms with Crippen molar-refractivity contribution in [1.82, 2.24) is 9.88 Å². The fourth-order valence-corrected chi connectivity index (χ4v) is 3.39. The molecule has 0 saturated carbocycles. The lowest BCUT2D eigenvalue weighted by atomic mass is 9.89. The number of pyridine rings is 1. The van der Waals surface area contributed by atoms with Crippen LogP contribution >= 0.6 is 0 Å². The van der Waals surface area contributed by atoms with Gasteiger partial charge in [0.05, 0.1) is 17.8 Å². The van der Waals surface area contributed by atoms with E-state index in [1.54, 1.807) is 35.3 Å². The molecule has 2 bridgehead atoms. The number of carbonyl (C=O) groups excluding carboxylic acids is 1. The van der Waals surface area contributed by atoms with Crippen LogP contribution in [0.1, 0.15) is 19.3 Å². The highest BCUT2D eigenvalue weighted by molar-refractivity contribution is 5.92. The Morgan fingerprint density at radius 1 is 1.45 bits per heavy atom. The van der Waals surface area contributed by atoms with Gasteiger partial charge in [-0.2, -0.15) is 0 Å². The first-order chi connectivity index (χ1) is 9.59. The van der Waals surface area contributed by atoms with Gasteiger partial charge in [-0.25, -0.2) is 4.79 Å². The number of nitrogens with zero attached hydrogens (tertiary/aromatic N) is 3. The van der Waals surface area contributed by atoms with E-state index in [0.717, 1.165) is 18.5 Å². The smallest absolute Gasteiger partial charge is 0.324 e. The fraction of sp³-hybridized carbons (Fsp3) is 0.500. The van der Waals surface area contributed by atoms with E-state index in [2.05, 4.69) is 4.98 Å². The molecule has 6 heteroatoms. The number of aliphatic carboxylic acids is 1. The van der Waals surface area contributed by atoms with Crippen molar-refractivity contribution in [3.05, 3.63) is 24.5 Å². The second kappa shape index (κ2) is 4.77. The highest BCUT2D eigenvalue weighted by atomic mass is 16.4. The Bertz CT molecular complexity index is 534. The maximum Gasteiger partial charge on any atom is 0.324 e. The van der Waals surface area contributed by atoms with Gasteiger partial charge in [-0.1, -0.05) is 0 Å². The molecule has 3 heterocycles. The quantitative estimate of drug-likeness (QED) is 0.889. The first-order valence-electron chi connectivity index (χ1n) is 6.78. The molecule has 2 aliphatic rings. The lowest BCUT2D eigenvalue weighted by Crippen LogP contribution is -2.45. The van der Waals surface area contributed by atoms with Gasteiger partial charge in [0.25, 0.3) is 0 Å². The number of carboxylic acids is 1. The van der Waals surface area contributed by atoms with Crippen LogP contribution < -0.4 is 4.90 Å². The molecule has 2 aliphatic heterocycles. The molecule has 106 valence electrons. The van der Waals surface area contributed by atoms with E-state index in [1.807, 2.05) is 6.07 Å². The van der Waals surface area contributed by atoms with Crippen molar-refractivity contribution in [2.45, 2.75) is 31.3 Å². The van der Waals surface area contributed by atoms with Crippen LogP contribution in [-0.2, 0) is 4.79 Å². The Balaban J connectivity index is 1.80. The third-order valence-corrected chi connectivity index (χ3v) is 4.40. The first kappa shape index (κ1) is 12.9. The van der Waals surface area contributed by atoms with Gasteiger partial charge in [0.2, 0.25) is 0 Å². The van der Waals surface area contributed by atoms with Gasteiger partial charge >= 0.3 is 12.0 Å². The molecule has 0 spiro atoms. The van der Waals surface area contributed by atoms with E-state index in [4.69, 9.17) is 0 Å². The molecule has 2 amide bonds. The van der Waals surface area contributed by atoms with E-state index in [-0.39, 0.29) is 18.1 Å². The topological polar surface area (TPSA) is 73.7 Å². The third kappa shape index (κ3) is 1.92. The van der Waals surface area contributed by atoms with Gasteiger partial charge in [0.1, 0.15) is 0 Å². The monoisotopic (exact) mass is 275 g/mol. The van der Waals surface area contributed by atoms with Crippen LogP contribution in [0.15, 0.2) is 24.5 Å². The third-order valence-electron chi connectivity index (χ3n) is 4.40. The summed E-state index contributed by atoms with van der Waals surface area (Å²) < 4.78 is 0. The zero-order chi connectivity index (χ0) is 14.3. The molecular formula is C14H17N3O3. The van der Waals surface area contributed by atoms with Crippen molar-refractivity contribution in [3.63, 3.8) is 0 Å². The molecule has 0 radical (unpaired) electrons. The average molecular weight is 275 g/mol. The largest absolute Gasteiger partial charge is 0.481 e. The van der Waals surface area contributed by atoms with Crippen LogP contribution in [0.5, 0.6) is 0 Å². The van der Waals surface area contributed by atoms with Crippen molar-refractivity contribution < 1.29 is 14.7 Å². The van der Waals surface area contributed by atoms with Crippen LogP contribution in [0.25, 0.3) is 0 Å². The Labute approximate surface area is 117 Å². The Morgan fingerprint density at radius 2 is 2.25 bits per heavy atom. The summed E-state index contributed by atoms with van der Waals surface area (Å²) in [4.78, 5) is 31.1. The summed E-state index contributed by atoms with van der Waals surface area (Å²) in [5.74, 6) is -1.21. The summed E-state index contributed by atoms with van der Waals surface area (Å²) in [5, 5.41) is 9.23. The molecule has 1 aromatic heterocycles.